The molecule has 1 spiro atoms. The third kappa shape index (κ3) is 5.82. The number of likely N-dealkylation sites (tertiary alicyclic amines) is 1. The maximum absolute atomic E-state index is 14.4. The van der Waals surface area contributed by atoms with Crippen molar-refractivity contribution in [3.8, 4) is 0 Å². The molecule has 214 valence electrons. The van der Waals surface area contributed by atoms with Gasteiger partial charge in [0.25, 0.3) is 0 Å². The van der Waals surface area contributed by atoms with Crippen LogP contribution in [-0.2, 0) is 23.9 Å². The van der Waals surface area contributed by atoms with Crippen molar-refractivity contribution in [2.45, 2.75) is 59.9 Å². The van der Waals surface area contributed by atoms with Crippen molar-refractivity contribution in [3.63, 3.8) is 0 Å². The average molecular weight is 617 g/mol. The van der Waals surface area contributed by atoms with Crippen LogP contribution >= 0.6 is 27.7 Å². The number of ether oxygens (including phenoxy) is 2. The van der Waals surface area contributed by atoms with Gasteiger partial charge in [0.05, 0.1) is 36.4 Å². The molecule has 4 aliphatic rings. The number of unbranched alkanes of at least 4 members (excludes halogenated alkanes) is 3. The predicted molar refractivity (Wildman–Crippen MR) is 150 cm³/mol. The molecule has 0 radical (unpaired) electrons. The van der Waals surface area contributed by atoms with Crippen molar-refractivity contribution < 1.29 is 29.0 Å². The minimum Gasteiger partial charge on any atom is -0.466 e. The van der Waals surface area contributed by atoms with Gasteiger partial charge in [0.2, 0.25) is 11.8 Å². The van der Waals surface area contributed by atoms with E-state index in [1.165, 1.54) is 0 Å². The molecule has 0 saturated carbocycles. The molecule has 9 nitrogen and oxygen atoms in total. The van der Waals surface area contributed by atoms with Crippen molar-refractivity contribution in [1.82, 2.24) is 14.7 Å². The van der Waals surface area contributed by atoms with E-state index in [2.05, 4.69) is 27.4 Å². The Kier molecular flexibility index (Phi) is 10.6. The van der Waals surface area contributed by atoms with Crippen molar-refractivity contribution in [1.29, 1.82) is 0 Å². The lowest BCUT2D eigenvalue weighted by atomic mass is 9.71. The van der Waals surface area contributed by atoms with Crippen LogP contribution in [0.3, 0.4) is 0 Å². The normalized spacial score (nSPS) is 32.4. The van der Waals surface area contributed by atoms with E-state index in [-0.39, 0.29) is 41.1 Å². The van der Waals surface area contributed by atoms with Crippen molar-refractivity contribution in [3.05, 3.63) is 12.7 Å². The maximum atomic E-state index is 14.4. The molecule has 4 saturated heterocycles. The standard InChI is InChI=1S/C27H42BrN3O6S/c1-3-9-30(12-11-29-13-16-36-17-14-29)25(34)23-27-18-19(28)22(38-27)20(26(35)37-4-2)21(27)24(33)31(23)10-7-5-6-8-15-32/h3,19-23,32H,1,4-18H2,2H3/t19?,20-,21-,22-,23?,27?/m0/s1. The van der Waals surface area contributed by atoms with Gasteiger partial charge in [0.1, 0.15) is 6.04 Å². The van der Waals surface area contributed by atoms with Crippen molar-refractivity contribution in [2.75, 3.05) is 65.7 Å². The van der Waals surface area contributed by atoms with E-state index < -0.39 is 22.6 Å². The number of halogens is 1. The number of nitrogens with zero attached hydrogens (tertiary/aromatic N) is 3. The van der Waals surface area contributed by atoms with E-state index in [0.717, 1.165) is 45.3 Å². The second-order valence-corrected chi connectivity index (χ2v) is 13.3. The zero-order chi connectivity index (χ0) is 27.3. The Morgan fingerprint density at radius 2 is 2.00 bits per heavy atom. The number of alkyl halides is 1. The number of amides is 2. The zero-order valence-corrected chi connectivity index (χ0v) is 24.8. The first-order chi connectivity index (χ1) is 18.4. The van der Waals surface area contributed by atoms with E-state index in [9.17, 15) is 14.4 Å². The van der Waals surface area contributed by atoms with Crippen LogP contribution in [0.25, 0.3) is 0 Å². The molecule has 11 heteroatoms. The quantitative estimate of drug-likeness (QED) is 0.137. The van der Waals surface area contributed by atoms with Gasteiger partial charge < -0.3 is 24.4 Å². The Hall–Kier alpha value is -1.14. The fourth-order valence-electron chi connectivity index (χ4n) is 6.61. The van der Waals surface area contributed by atoms with E-state index in [1.807, 2.05) is 4.90 Å². The Morgan fingerprint density at radius 3 is 2.68 bits per heavy atom. The highest BCUT2D eigenvalue weighted by atomic mass is 79.9. The molecule has 0 aromatic carbocycles. The number of esters is 1. The van der Waals surface area contributed by atoms with Gasteiger partial charge >= 0.3 is 5.97 Å². The summed E-state index contributed by atoms with van der Waals surface area (Å²) >= 11 is 5.44. The smallest absolute Gasteiger partial charge is 0.310 e. The summed E-state index contributed by atoms with van der Waals surface area (Å²) in [7, 11) is 0. The summed E-state index contributed by atoms with van der Waals surface area (Å²) in [6, 6.07) is -0.628. The predicted octanol–water partition coefficient (Wildman–Crippen LogP) is 1.91. The first-order valence-corrected chi connectivity index (χ1v) is 15.8. The fourth-order valence-corrected chi connectivity index (χ4v) is 10.2. The van der Waals surface area contributed by atoms with Crippen LogP contribution in [0.1, 0.15) is 39.0 Å². The number of aliphatic hydroxyl groups excluding tert-OH is 1. The highest BCUT2D eigenvalue weighted by molar-refractivity contribution is 9.09. The van der Waals surface area contributed by atoms with E-state index in [0.29, 0.717) is 39.3 Å². The van der Waals surface area contributed by atoms with Crippen LogP contribution in [-0.4, -0.2) is 124 Å². The SMILES string of the molecule is C=CCN(CCN1CCOCC1)C(=O)C1N(CCCCCCO)C(=O)[C@@H]2[C@H](C(=O)OCC)[C@H]3SC12CC3Br. The number of rotatable bonds is 14. The molecule has 0 aliphatic carbocycles. The van der Waals surface area contributed by atoms with Crippen LogP contribution < -0.4 is 0 Å². The lowest BCUT2D eigenvalue weighted by Crippen LogP contribution is -2.56. The molecular weight excluding hydrogens is 574 g/mol. The summed E-state index contributed by atoms with van der Waals surface area (Å²) in [6.07, 6.45) is 5.64. The zero-order valence-electron chi connectivity index (χ0n) is 22.4. The Labute approximate surface area is 238 Å². The third-order valence-corrected chi connectivity index (χ3v) is 11.6. The third-order valence-electron chi connectivity index (χ3n) is 8.34. The van der Waals surface area contributed by atoms with Crippen molar-refractivity contribution in [2.24, 2.45) is 11.8 Å². The number of hydrogen-bond acceptors (Lipinski definition) is 8. The molecule has 6 atom stereocenters. The Bertz CT molecular complexity index is 874. The van der Waals surface area contributed by atoms with Gasteiger partial charge in [-0.15, -0.1) is 18.3 Å². The average Bonchev–Trinajstić information content (AvgIpc) is 3.50. The summed E-state index contributed by atoms with van der Waals surface area (Å²) in [5.41, 5.74) is 0. The summed E-state index contributed by atoms with van der Waals surface area (Å²) in [5, 5.41) is 9.04. The number of carbonyl (C=O) groups is 3. The number of morpholine rings is 1. The van der Waals surface area contributed by atoms with E-state index >= 15 is 0 Å². The molecule has 0 aromatic rings. The van der Waals surface area contributed by atoms with Crippen LogP contribution in [0.4, 0.5) is 0 Å². The first kappa shape index (κ1) is 29.8. The minimum atomic E-state index is -0.659. The van der Waals surface area contributed by atoms with Crippen LogP contribution in [0.15, 0.2) is 12.7 Å². The molecule has 4 aliphatic heterocycles. The molecule has 0 aromatic heterocycles. The molecule has 38 heavy (non-hydrogen) atoms. The number of thioether (sulfide) groups is 1. The molecule has 4 fully saturated rings. The lowest BCUT2D eigenvalue weighted by molar-refractivity contribution is -0.153. The largest absolute Gasteiger partial charge is 0.466 e. The van der Waals surface area contributed by atoms with Crippen LogP contribution in [0.2, 0.25) is 0 Å². The molecule has 4 rings (SSSR count). The van der Waals surface area contributed by atoms with Gasteiger partial charge in [-0.25, -0.2) is 0 Å². The Balaban J connectivity index is 1.60. The van der Waals surface area contributed by atoms with Crippen molar-refractivity contribution >= 4 is 45.5 Å². The topological polar surface area (TPSA) is 99.6 Å². The number of fused-ring (bicyclic) bond motifs is 1. The fraction of sp³-hybridized carbons (Fsp3) is 0.815. The molecule has 1 N–H and O–H groups in total. The van der Waals surface area contributed by atoms with Crippen LogP contribution in [0, 0.1) is 11.8 Å². The monoisotopic (exact) mass is 615 g/mol. The van der Waals surface area contributed by atoms with E-state index in [4.69, 9.17) is 14.6 Å². The molecule has 4 heterocycles. The number of hydrogen-bond donors (Lipinski definition) is 1. The molecule has 2 amide bonds. The summed E-state index contributed by atoms with van der Waals surface area (Å²) < 4.78 is 10.2. The highest BCUT2D eigenvalue weighted by Crippen LogP contribution is 2.68. The Morgan fingerprint density at radius 1 is 1.26 bits per heavy atom. The molecule has 3 unspecified atom stereocenters. The summed E-state index contributed by atoms with van der Waals surface area (Å²) in [5.74, 6) is -1.59. The second-order valence-electron chi connectivity index (χ2n) is 10.6. The van der Waals surface area contributed by atoms with Gasteiger partial charge in [-0.3, -0.25) is 19.3 Å². The molecule has 2 bridgehead atoms. The van der Waals surface area contributed by atoms with Gasteiger partial charge in [0.15, 0.2) is 0 Å². The molecular formula is C27H42BrN3O6S. The first-order valence-electron chi connectivity index (χ1n) is 14.0. The lowest BCUT2D eigenvalue weighted by Gasteiger charge is -2.38. The maximum Gasteiger partial charge on any atom is 0.310 e. The van der Waals surface area contributed by atoms with Gasteiger partial charge in [-0.1, -0.05) is 34.8 Å². The minimum absolute atomic E-state index is 0.0342. The number of aliphatic hydroxyl groups is 1. The second kappa shape index (κ2) is 13.5. The van der Waals surface area contributed by atoms with Gasteiger partial charge in [-0.05, 0) is 26.2 Å². The number of carbonyl (C=O) groups excluding carboxylic acids is 3. The van der Waals surface area contributed by atoms with E-state index in [1.54, 1.807) is 29.7 Å². The van der Waals surface area contributed by atoms with Crippen LogP contribution in [0.5, 0.6) is 0 Å². The van der Waals surface area contributed by atoms with Gasteiger partial charge in [-0.2, -0.15) is 0 Å². The summed E-state index contributed by atoms with van der Waals surface area (Å²) in [4.78, 5) is 47.5. The van der Waals surface area contributed by atoms with Gasteiger partial charge in [0, 0.05) is 56.0 Å². The summed E-state index contributed by atoms with van der Waals surface area (Å²) in [6.45, 7) is 11.3. The highest BCUT2D eigenvalue weighted by Gasteiger charge is 2.76.